The normalized spacial score (nSPS) is 23.2. The molecule has 172 valence electrons. The van der Waals surface area contributed by atoms with Gasteiger partial charge < -0.3 is 24.8 Å². The van der Waals surface area contributed by atoms with Gasteiger partial charge in [0.15, 0.2) is 0 Å². The van der Waals surface area contributed by atoms with Crippen LogP contribution in [0, 0.1) is 0 Å². The lowest BCUT2D eigenvalue weighted by molar-refractivity contribution is -0.0811. The van der Waals surface area contributed by atoms with Crippen molar-refractivity contribution < 1.29 is 24.8 Å². The van der Waals surface area contributed by atoms with E-state index in [1.54, 1.807) is 0 Å². The first-order valence-electron chi connectivity index (χ1n) is 12.0. The summed E-state index contributed by atoms with van der Waals surface area (Å²) in [4.78, 5) is 0. The van der Waals surface area contributed by atoms with Crippen molar-refractivity contribution in [2.45, 2.75) is 121 Å². The highest BCUT2D eigenvalue weighted by Crippen LogP contribution is 2.18. The second kappa shape index (κ2) is 18.3. The molecule has 0 unspecified atom stereocenters. The first kappa shape index (κ1) is 26.6. The Morgan fingerprint density at radius 1 is 0.862 bits per heavy atom. The number of allylic oxidation sites excluding steroid dienone is 2. The summed E-state index contributed by atoms with van der Waals surface area (Å²) in [6.07, 6.45) is 19.1. The molecule has 4 atom stereocenters. The molecule has 5 heteroatoms. The van der Waals surface area contributed by atoms with Crippen LogP contribution in [0.25, 0.3) is 0 Å². The van der Waals surface area contributed by atoms with Gasteiger partial charge in [0, 0.05) is 6.61 Å². The zero-order valence-electron chi connectivity index (χ0n) is 18.6. The Bertz CT molecular complexity index is 387. The van der Waals surface area contributed by atoms with Crippen molar-refractivity contribution in [1.82, 2.24) is 0 Å². The molecule has 1 saturated heterocycles. The number of aliphatic hydroxyl groups excluding tert-OH is 3. The highest BCUT2D eigenvalue weighted by Gasteiger charge is 2.39. The predicted molar refractivity (Wildman–Crippen MR) is 118 cm³/mol. The van der Waals surface area contributed by atoms with Crippen molar-refractivity contribution in [2.24, 2.45) is 0 Å². The van der Waals surface area contributed by atoms with Crippen molar-refractivity contribution in [3.8, 4) is 0 Å². The highest BCUT2D eigenvalue weighted by molar-refractivity contribution is 4.87. The molecular weight excluding hydrogens is 368 g/mol. The fourth-order valence-corrected chi connectivity index (χ4v) is 3.73. The van der Waals surface area contributed by atoms with E-state index < -0.39 is 24.4 Å². The Morgan fingerprint density at radius 3 is 1.97 bits per heavy atom. The molecule has 1 aliphatic heterocycles. The van der Waals surface area contributed by atoms with Gasteiger partial charge in [0.05, 0.1) is 13.2 Å². The Morgan fingerprint density at radius 2 is 1.41 bits per heavy atom. The fraction of sp³-hybridized carbons (Fsp3) is 0.917. The minimum atomic E-state index is -1.04. The standard InChI is InChI=1S/C24H46O5/c1-2-3-4-5-6-7-8-9-10-11-12-13-14-15-16-17-18-28-19-22(26)24-23(27)21(25)20-29-24/h14-15,21-27H,2-13,16-20H2,1H3/b15-14+/t21-,22+,23+,24+/m0/s1. The van der Waals surface area contributed by atoms with Crippen LogP contribution in [-0.2, 0) is 9.47 Å². The Hall–Kier alpha value is -0.460. The van der Waals surface area contributed by atoms with Crippen molar-refractivity contribution >= 4 is 0 Å². The van der Waals surface area contributed by atoms with Crippen molar-refractivity contribution in [1.29, 1.82) is 0 Å². The summed E-state index contributed by atoms with van der Waals surface area (Å²) >= 11 is 0. The lowest BCUT2D eigenvalue weighted by Crippen LogP contribution is -2.40. The molecule has 0 bridgehead atoms. The Labute approximate surface area is 178 Å². The molecule has 0 aromatic carbocycles. The molecule has 1 heterocycles. The SMILES string of the molecule is CCCCCCCCCCCCC/C=C/CCCOC[C@@H](O)[C@H]1OC[C@H](O)[C@H]1O. The van der Waals surface area contributed by atoms with Crippen molar-refractivity contribution in [3.05, 3.63) is 12.2 Å². The number of ether oxygens (including phenoxy) is 2. The third-order valence-electron chi connectivity index (χ3n) is 5.66. The molecule has 0 amide bonds. The van der Waals surface area contributed by atoms with Crippen molar-refractivity contribution in [2.75, 3.05) is 19.8 Å². The van der Waals surface area contributed by atoms with Crippen LogP contribution >= 0.6 is 0 Å². The van der Waals surface area contributed by atoms with Crippen LogP contribution in [0.15, 0.2) is 12.2 Å². The highest BCUT2D eigenvalue weighted by atomic mass is 16.5. The van der Waals surface area contributed by atoms with Gasteiger partial charge in [-0.1, -0.05) is 83.3 Å². The Kier molecular flexibility index (Phi) is 16.8. The topological polar surface area (TPSA) is 79.2 Å². The summed E-state index contributed by atoms with van der Waals surface area (Å²) in [6.45, 7) is 3.03. The molecule has 1 aliphatic rings. The summed E-state index contributed by atoms with van der Waals surface area (Å²) < 4.78 is 10.6. The number of hydrogen-bond donors (Lipinski definition) is 3. The van der Waals surface area contributed by atoms with Crippen LogP contribution in [0.2, 0.25) is 0 Å². The van der Waals surface area contributed by atoms with E-state index in [-0.39, 0.29) is 13.2 Å². The molecule has 0 aromatic heterocycles. The van der Waals surface area contributed by atoms with Gasteiger partial charge in [-0.15, -0.1) is 0 Å². The summed E-state index contributed by atoms with van der Waals surface area (Å²) in [5.74, 6) is 0. The van der Waals surface area contributed by atoms with Crippen LogP contribution in [0.1, 0.15) is 96.8 Å². The average Bonchev–Trinajstić information content (AvgIpc) is 3.05. The van der Waals surface area contributed by atoms with Crippen LogP contribution < -0.4 is 0 Å². The van der Waals surface area contributed by atoms with Gasteiger partial charge in [-0.25, -0.2) is 0 Å². The van der Waals surface area contributed by atoms with Gasteiger partial charge in [-0.2, -0.15) is 0 Å². The molecule has 1 fully saturated rings. The zero-order chi connectivity index (χ0) is 21.2. The van der Waals surface area contributed by atoms with Crippen LogP contribution in [0.5, 0.6) is 0 Å². The van der Waals surface area contributed by atoms with Crippen molar-refractivity contribution in [3.63, 3.8) is 0 Å². The number of hydrogen-bond acceptors (Lipinski definition) is 5. The smallest absolute Gasteiger partial charge is 0.114 e. The Balaban J connectivity index is 1.80. The van der Waals surface area contributed by atoms with Crippen LogP contribution in [0.3, 0.4) is 0 Å². The lowest BCUT2D eigenvalue weighted by atomic mass is 10.1. The molecule has 0 spiro atoms. The molecule has 5 nitrogen and oxygen atoms in total. The molecule has 0 aromatic rings. The summed E-state index contributed by atoms with van der Waals surface area (Å²) in [5, 5.41) is 29.0. The molecule has 0 aliphatic carbocycles. The summed E-state index contributed by atoms with van der Waals surface area (Å²) in [5.41, 5.74) is 0. The zero-order valence-corrected chi connectivity index (χ0v) is 18.6. The van der Waals surface area contributed by atoms with Gasteiger partial charge in [0.1, 0.15) is 24.4 Å². The largest absolute Gasteiger partial charge is 0.388 e. The van der Waals surface area contributed by atoms with E-state index >= 15 is 0 Å². The molecule has 29 heavy (non-hydrogen) atoms. The molecule has 0 saturated carbocycles. The fourth-order valence-electron chi connectivity index (χ4n) is 3.73. The third kappa shape index (κ3) is 13.5. The molecule has 0 radical (unpaired) electrons. The van der Waals surface area contributed by atoms with Gasteiger partial charge in [-0.05, 0) is 25.7 Å². The maximum absolute atomic E-state index is 9.94. The van der Waals surface area contributed by atoms with E-state index in [1.165, 1.54) is 70.6 Å². The number of aliphatic hydroxyl groups is 3. The second-order valence-corrected chi connectivity index (χ2v) is 8.44. The van der Waals surface area contributed by atoms with Gasteiger partial charge in [0.2, 0.25) is 0 Å². The number of unbranched alkanes of at least 4 members (excludes halogenated alkanes) is 12. The minimum absolute atomic E-state index is 0.0623. The van der Waals surface area contributed by atoms with Gasteiger partial charge in [0.25, 0.3) is 0 Å². The molecule has 1 rings (SSSR count). The lowest BCUT2D eigenvalue weighted by Gasteiger charge is -2.20. The average molecular weight is 415 g/mol. The van der Waals surface area contributed by atoms with E-state index in [0.717, 1.165) is 19.3 Å². The molecule has 3 N–H and O–H groups in total. The minimum Gasteiger partial charge on any atom is -0.388 e. The monoisotopic (exact) mass is 414 g/mol. The quantitative estimate of drug-likeness (QED) is 0.214. The maximum atomic E-state index is 9.94. The van der Waals surface area contributed by atoms with Gasteiger partial charge in [-0.3, -0.25) is 0 Å². The summed E-state index contributed by atoms with van der Waals surface area (Å²) in [7, 11) is 0. The molecular formula is C24H46O5. The van der Waals surface area contributed by atoms with Gasteiger partial charge >= 0.3 is 0 Å². The van der Waals surface area contributed by atoms with Crippen LogP contribution in [0.4, 0.5) is 0 Å². The first-order chi connectivity index (χ1) is 14.2. The third-order valence-corrected chi connectivity index (χ3v) is 5.66. The second-order valence-electron chi connectivity index (χ2n) is 8.44. The first-order valence-corrected chi connectivity index (χ1v) is 12.0. The van der Waals surface area contributed by atoms with Crippen LogP contribution in [-0.4, -0.2) is 59.6 Å². The van der Waals surface area contributed by atoms with E-state index in [0.29, 0.717) is 6.61 Å². The van der Waals surface area contributed by atoms with E-state index in [2.05, 4.69) is 19.1 Å². The van der Waals surface area contributed by atoms with E-state index in [1.807, 2.05) is 0 Å². The van der Waals surface area contributed by atoms with E-state index in [9.17, 15) is 15.3 Å². The number of rotatable bonds is 19. The maximum Gasteiger partial charge on any atom is 0.114 e. The van der Waals surface area contributed by atoms with E-state index in [4.69, 9.17) is 9.47 Å². The summed E-state index contributed by atoms with van der Waals surface area (Å²) in [6, 6.07) is 0. The predicted octanol–water partition coefficient (Wildman–Crippen LogP) is 4.52.